The molecule has 1 amide bonds. The van der Waals surface area contributed by atoms with Crippen molar-refractivity contribution in [2.24, 2.45) is 0 Å². The third kappa shape index (κ3) is 5.22. The lowest BCUT2D eigenvalue weighted by molar-refractivity contribution is 0.0992. The summed E-state index contributed by atoms with van der Waals surface area (Å²) >= 11 is 0. The molecule has 0 fully saturated rings. The zero-order valence-electron chi connectivity index (χ0n) is 17.5. The van der Waals surface area contributed by atoms with Gasteiger partial charge in [-0.1, -0.05) is 30.3 Å². The van der Waals surface area contributed by atoms with Gasteiger partial charge in [0.25, 0.3) is 5.91 Å². The van der Waals surface area contributed by atoms with E-state index in [2.05, 4.69) is 4.72 Å². The highest BCUT2D eigenvalue weighted by Gasteiger charge is 2.23. The molecular formula is C23H24N2O5S. The van der Waals surface area contributed by atoms with Crippen molar-refractivity contribution in [3.63, 3.8) is 0 Å². The second kappa shape index (κ2) is 9.63. The molecule has 0 heterocycles. The maximum absolute atomic E-state index is 13.0. The van der Waals surface area contributed by atoms with E-state index in [9.17, 15) is 13.2 Å². The number of nitrogens with one attached hydrogen (secondary N) is 1. The number of nitrogens with zero attached hydrogens (tertiary/aromatic N) is 1. The lowest BCUT2D eigenvalue weighted by Crippen LogP contribution is -2.27. The van der Waals surface area contributed by atoms with Crippen LogP contribution < -0.4 is 19.1 Å². The summed E-state index contributed by atoms with van der Waals surface area (Å²) in [6.07, 6.45) is 0. The SMILES string of the molecule is COc1ccc(N(C)C(=O)c2ccc(OC)c(S(=O)(=O)NCc3ccccc3)c2)cc1. The summed E-state index contributed by atoms with van der Waals surface area (Å²) in [6, 6.07) is 20.5. The smallest absolute Gasteiger partial charge is 0.258 e. The van der Waals surface area contributed by atoms with Crippen molar-refractivity contribution in [2.45, 2.75) is 11.4 Å². The van der Waals surface area contributed by atoms with Gasteiger partial charge >= 0.3 is 0 Å². The van der Waals surface area contributed by atoms with Crippen molar-refractivity contribution in [3.8, 4) is 11.5 Å². The van der Waals surface area contributed by atoms with Gasteiger partial charge in [0, 0.05) is 24.8 Å². The molecule has 3 rings (SSSR count). The van der Waals surface area contributed by atoms with E-state index < -0.39 is 10.0 Å². The van der Waals surface area contributed by atoms with Gasteiger partial charge in [-0.25, -0.2) is 13.1 Å². The first-order valence-corrected chi connectivity index (χ1v) is 11.0. The summed E-state index contributed by atoms with van der Waals surface area (Å²) in [5.41, 5.74) is 1.68. The number of hydrogen-bond acceptors (Lipinski definition) is 5. The Morgan fingerprint density at radius 3 is 2.23 bits per heavy atom. The van der Waals surface area contributed by atoms with Gasteiger partial charge in [0.2, 0.25) is 10.0 Å². The van der Waals surface area contributed by atoms with Gasteiger partial charge < -0.3 is 14.4 Å². The second-order valence-corrected chi connectivity index (χ2v) is 8.47. The van der Waals surface area contributed by atoms with Gasteiger partial charge in [0.15, 0.2) is 0 Å². The van der Waals surface area contributed by atoms with Crippen LogP contribution >= 0.6 is 0 Å². The van der Waals surface area contributed by atoms with Crippen LogP contribution in [-0.4, -0.2) is 35.6 Å². The topological polar surface area (TPSA) is 84.9 Å². The van der Waals surface area contributed by atoms with E-state index in [0.29, 0.717) is 11.4 Å². The summed E-state index contributed by atoms with van der Waals surface area (Å²) in [6.45, 7) is 0.121. The van der Waals surface area contributed by atoms with E-state index in [-0.39, 0.29) is 28.7 Å². The maximum atomic E-state index is 13.0. The monoisotopic (exact) mass is 440 g/mol. The predicted octanol–water partition coefficient (Wildman–Crippen LogP) is 3.46. The summed E-state index contributed by atoms with van der Waals surface area (Å²) in [5.74, 6) is 0.475. The molecule has 0 saturated heterocycles. The average Bonchev–Trinajstić information content (AvgIpc) is 2.82. The molecule has 0 aliphatic heterocycles. The van der Waals surface area contributed by atoms with Gasteiger partial charge in [-0.2, -0.15) is 0 Å². The molecule has 3 aromatic carbocycles. The van der Waals surface area contributed by atoms with E-state index in [0.717, 1.165) is 5.56 Å². The fourth-order valence-electron chi connectivity index (χ4n) is 2.99. The lowest BCUT2D eigenvalue weighted by atomic mass is 10.1. The van der Waals surface area contributed by atoms with Crippen LogP contribution in [0.3, 0.4) is 0 Å². The van der Waals surface area contributed by atoms with Crippen LogP contribution in [0.4, 0.5) is 5.69 Å². The molecule has 0 saturated carbocycles. The summed E-state index contributed by atoms with van der Waals surface area (Å²) in [7, 11) is 0.652. The zero-order chi connectivity index (χ0) is 22.4. The molecule has 1 N–H and O–H groups in total. The standard InChI is InChI=1S/C23H24N2O5S/c1-25(19-10-12-20(29-2)13-11-19)23(26)18-9-14-21(30-3)22(15-18)31(27,28)24-16-17-7-5-4-6-8-17/h4-15,24H,16H2,1-3H3. The fraction of sp³-hybridized carbons (Fsp3) is 0.174. The Bertz CT molecular complexity index is 1150. The van der Waals surface area contributed by atoms with Crippen LogP contribution in [0.2, 0.25) is 0 Å². The van der Waals surface area contributed by atoms with Crippen LogP contribution in [0, 0.1) is 0 Å². The van der Waals surface area contributed by atoms with Gasteiger partial charge in [-0.05, 0) is 48.0 Å². The number of amides is 1. The van der Waals surface area contributed by atoms with Gasteiger partial charge in [0.05, 0.1) is 14.2 Å². The minimum absolute atomic E-state index is 0.0973. The normalized spacial score (nSPS) is 11.1. The second-order valence-electron chi connectivity index (χ2n) is 6.74. The van der Waals surface area contributed by atoms with Crippen LogP contribution in [0.25, 0.3) is 0 Å². The first kappa shape index (κ1) is 22.3. The van der Waals surface area contributed by atoms with Crippen molar-refractivity contribution in [3.05, 3.63) is 83.9 Å². The largest absolute Gasteiger partial charge is 0.497 e. The Hall–Kier alpha value is -3.36. The van der Waals surface area contributed by atoms with Gasteiger partial charge in [-0.15, -0.1) is 0 Å². The summed E-state index contributed by atoms with van der Waals surface area (Å²) in [5, 5.41) is 0. The molecule has 0 aliphatic rings. The molecule has 3 aromatic rings. The molecule has 7 nitrogen and oxygen atoms in total. The minimum Gasteiger partial charge on any atom is -0.497 e. The van der Waals surface area contributed by atoms with Crippen molar-refractivity contribution >= 4 is 21.6 Å². The molecule has 31 heavy (non-hydrogen) atoms. The number of hydrogen-bond donors (Lipinski definition) is 1. The lowest BCUT2D eigenvalue weighted by Gasteiger charge is -2.19. The maximum Gasteiger partial charge on any atom is 0.258 e. The van der Waals surface area contributed by atoms with Gasteiger partial charge in [-0.3, -0.25) is 4.79 Å². The van der Waals surface area contributed by atoms with Crippen LogP contribution in [0.15, 0.2) is 77.7 Å². The Labute approximate surface area is 182 Å². The van der Waals surface area contributed by atoms with E-state index in [1.54, 1.807) is 38.4 Å². The molecule has 0 aliphatic carbocycles. The molecule has 0 spiro atoms. The number of ether oxygens (including phenoxy) is 2. The Kier molecular flexibility index (Phi) is 6.94. The summed E-state index contributed by atoms with van der Waals surface area (Å²) < 4.78 is 38.8. The molecule has 0 radical (unpaired) electrons. The molecule has 162 valence electrons. The highest BCUT2D eigenvalue weighted by atomic mass is 32.2. The molecule has 0 bridgehead atoms. The highest BCUT2D eigenvalue weighted by Crippen LogP contribution is 2.27. The van der Waals surface area contributed by atoms with Crippen molar-refractivity contribution in [1.29, 1.82) is 0 Å². The first-order valence-electron chi connectivity index (χ1n) is 9.49. The molecule has 8 heteroatoms. The fourth-order valence-corrected chi connectivity index (χ4v) is 4.20. The quantitative estimate of drug-likeness (QED) is 0.580. The number of benzene rings is 3. The van der Waals surface area contributed by atoms with E-state index in [1.807, 2.05) is 30.3 Å². The zero-order valence-corrected chi connectivity index (χ0v) is 18.3. The predicted molar refractivity (Wildman–Crippen MR) is 119 cm³/mol. The average molecular weight is 441 g/mol. The van der Waals surface area contributed by atoms with Crippen LogP contribution in [-0.2, 0) is 16.6 Å². The Balaban J connectivity index is 1.87. The summed E-state index contributed by atoms with van der Waals surface area (Å²) in [4.78, 5) is 14.3. The number of carbonyl (C=O) groups is 1. The van der Waals surface area contributed by atoms with E-state index >= 15 is 0 Å². The molecular weight excluding hydrogens is 416 g/mol. The van der Waals surface area contributed by atoms with Crippen molar-refractivity contribution < 1.29 is 22.7 Å². The van der Waals surface area contributed by atoms with Crippen LogP contribution in [0.1, 0.15) is 15.9 Å². The first-order chi connectivity index (χ1) is 14.9. The Morgan fingerprint density at radius 1 is 0.935 bits per heavy atom. The third-order valence-electron chi connectivity index (χ3n) is 4.77. The van der Waals surface area contributed by atoms with Crippen LogP contribution in [0.5, 0.6) is 11.5 Å². The number of rotatable bonds is 8. The number of anilines is 1. The number of carbonyl (C=O) groups excluding carboxylic acids is 1. The van der Waals surface area contributed by atoms with Crippen molar-refractivity contribution in [1.82, 2.24) is 4.72 Å². The molecule has 0 atom stereocenters. The van der Waals surface area contributed by atoms with E-state index in [1.165, 1.54) is 30.2 Å². The number of sulfonamides is 1. The number of methoxy groups -OCH3 is 2. The Morgan fingerprint density at radius 2 is 1.61 bits per heavy atom. The minimum atomic E-state index is -3.92. The van der Waals surface area contributed by atoms with Crippen molar-refractivity contribution in [2.75, 3.05) is 26.2 Å². The van der Waals surface area contributed by atoms with E-state index in [4.69, 9.17) is 9.47 Å². The molecule has 0 aromatic heterocycles. The van der Waals surface area contributed by atoms with Gasteiger partial charge in [0.1, 0.15) is 16.4 Å². The molecule has 0 unspecified atom stereocenters. The highest BCUT2D eigenvalue weighted by molar-refractivity contribution is 7.89. The third-order valence-corrected chi connectivity index (χ3v) is 6.20.